The summed E-state index contributed by atoms with van der Waals surface area (Å²) in [4.78, 5) is 2.20. The second kappa shape index (κ2) is 7.11. The highest BCUT2D eigenvalue weighted by molar-refractivity contribution is 9.10. The first-order valence-corrected chi connectivity index (χ1v) is 6.75. The van der Waals surface area contributed by atoms with Crippen LogP contribution in [0.15, 0.2) is 28.7 Å². The van der Waals surface area contributed by atoms with Crippen molar-refractivity contribution in [2.45, 2.75) is 25.9 Å². The molecule has 17 heavy (non-hydrogen) atoms. The van der Waals surface area contributed by atoms with Gasteiger partial charge in [0.25, 0.3) is 0 Å². The Morgan fingerprint density at radius 3 is 2.65 bits per heavy atom. The van der Waals surface area contributed by atoms with Gasteiger partial charge in [0.1, 0.15) is 0 Å². The quantitative estimate of drug-likeness (QED) is 0.846. The van der Waals surface area contributed by atoms with Crippen LogP contribution in [0.1, 0.15) is 25.5 Å². The maximum absolute atomic E-state index is 9.11. The normalized spacial score (nSPS) is 14.9. The first kappa shape index (κ1) is 14.6. The van der Waals surface area contributed by atoms with Gasteiger partial charge in [-0.2, -0.15) is 0 Å². The molecule has 0 aliphatic heterocycles. The van der Waals surface area contributed by atoms with E-state index in [0.29, 0.717) is 6.54 Å². The highest BCUT2D eigenvalue weighted by Gasteiger charge is 2.22. The van der Waals surface area contributed by atoms with E-state index in [0.717, 1.165) is 11.0 Å². The van der Waals surface area contributed by atoms with Crippen molar-refractivity contribution < 1.29 is 5.11 Å². The fourth-order valence-corrected chi connectivity index (χ4v) is 2.58. The molecule has 4 heteroatoms. The van der Waals surface area contributed by atoms with Crippen molar-refractivity contribution >= 4 is 15.9 Å². The molecule has 2 unspecified atom stereocenters. The number of likely N-dealkylation sites (N-methyl/N-ethyl adjacent to an activating group) is 1. The van der Waals surface area contributed by atoms with E-state index in [4.69, 9.17) is 10.8 Å². The van der Waals surface area contributed by atoms with Gasteiger partial charge in [-0.05, 0) is 31.2 Å². The Morgan fingerprint density at radius 1 is 1.47 bits per heavy atom. The van der Waals surface area contributed by atoms with E-state index < -0.39 is 0 Å². The van der Waals surface area contributed by atoms with E-state index >= 15 is 0 Å². The van der Waals surface area contributed by atoms with E-state index in [2.05, 4.69) is 39.9 Å². The predicted octanol–water partition coefficient (Wildman–Crippen LogP) is 2.15. The molecule has 2 atom stereocenters. The Labute approximate surface area is 112 Å². The molecule has 0 saturated heterocycles. The van der Waals surface area contributed by atoms with Crippen LogP contribution in [0.4, 0.5) is 0 Å². The van der Waals surface area contributed by atoms with Crippen LogP contribution in [0.3, 0.4) is 0 Å². The Kier molecular flexibility index (Phi) is 6.12. The summed E-state index contributed by atoms with van der Waals surface area (Å²) < 4.78 is 1.06. The van der Waals surface area contributed by atoms with Gasteiger partial charge in [-0.15, -0.1) is 0 Å². The molecule has 0 amide bonds. The molecule has 0 saturated carbocycles. The van der Waals surface area contributed by atoms with Crippen molar-refractivity contribution in [3.05, 3.63) is 34.3 Å². The zero-order valence-corrected chi connectivity index (χ0v) is 12.0. The summed E-state index contributed by atoms with van der Waals surface area (Å²) in [6.45, 7) is 5.77. The largest absolute Gasteiger partial charge is 0.395 e. The van der Waals surface area contributed by atoms with Gasteiger partial charge in [-0.3, -0.25) is 4.90 Å². The van der Waals surface area contributed by atoms with Crippen LogP contribution in [0.5, 0.6) is 0 Å². The van der Waals surface area contributed by atoms with Gasteiger partial charge in [0, 0.05) is 23.1 Å². The molecule has 0 spiro atoms. The van der Waals surface area contributed by atoms with Crippen LogP contribution in [-0.4, -0.2) is 35.7 Å². The molecule has 1 rings (SSSR count). The average molecular weight is 301 g/mol. The summed E-state index contributed by atoms with van der Waals surface area (Å²) in [5, 5.41) is 9.11. The van der Waals surface area contributed by atoms with E-state index in [9.17, 15) is 0 Å². The van der Waals surface area contributed by atoms with Crippen LogP contribution in [0.25, 0.3) is 0 Å². The lowest BCUT2D eigenvalue weighted by Gasteiger charge is -2.33. The van der Waals surface area contributed by atoms with Crippen molar-refractivity contribution in [1.29, 1.82) is 0 Å². The number of hydrogen-bond acceptors (Lipinski definition) is 3. The fourth-order valence-electron chi connectivity index (χ4n) is 2.16. The highest BCUT2D eigenvalue weighted by atomic mass is 79.9. The second-order valence-corrected chi connectivity index (χ2v) is 5.13. The number of rotatable bonds is 6. The van der Waals surface area contributed by atoms with Crippen molar-refractivity contribution in [3.8, 4) is 0 Å². The third kappa shape index (κ3) is 4.07. The lowest BCUT2D eigenvalue weighted by Crippen LogP contribution is -2.40. The molecule has 0 aliphatic rings. The predicted molar refractivity (Wildman–Crippen MR) is 74.9 cm³/mol. The summed E-state index contributed by atoms with van der Waals surface area (Å²) in [6.07, 6.45) is 0. The first-order valence-electron chi connectivity index (χ1n) is 5.96. The summed E-state index contributed by atoms with van der Waals surface area (Å²) in [5.74, 6) is 0. The Bertz CT molecular complexity index is 344. The topological polar surface area (TPSA) is 49.5 Å². The molecular weight excluding hydrogens is 280 g/mol. The van der Waals surface area contributed by atoms with Gasteiger partial charge in [-0.1, -0.05) is 35.0 Å². The Hall–Kier alpha value is -0.420. The molecule has 3 N–H and O–H groups in total. The Balaban J connectivity index is 2.99. The third-order valence-electron chi connectivity index (χ3n) is 2.88. The number of nitrogens with zero attached hydrogens (tertiary/aromatic N) is 1. The fraction of sp³-hybridized carbons (Fsp3) is 0.538. The molecule has 96 valence electrons. The van der Waals surface area contributed by atoms with Crippen molar-refractivity contribution in [1.82, 2.24) is 4.90 Å². The zero-order chi connectivity index (χ0) is 12.8. The maximum atomic E-state index is 9.11. The number of benzene rings is 1. The molecule has 0 radical (unpaired) electrons. The molecule has 0 aliphatic carbocycles. The van der Waals surface area contributed by atoms with Crippen LogP contribution in [0.2, 0.25) is 0 Å². The van der Waals surface area contributed by atoms with E-state index in [1.807, 2.05) is 19.1 Å². The van der Waals surface area contributed by atoms with Crippen molar-refractivity contribution in [3.63, 3.8) is 0 Å². The number of hydrogen-bond donors (Lipinski definition) is 2. The lowest BCUT2D eigenvalue weighted by atomic mass is 9.99. The van der Waals surface area contributed by atoms with Crippen LogP contribution in [0, 0.1) is 0 Å². The summed E-state index contributed by atoms with van der Waals surface area (Å²) >= 11 is 3.48. The molecule has 3 nitrogen and oxygen atoms in total. The third-order valence-corrected chi connectivity index (χ3v) is 3.37. The molecule has 0 aromatic heterocycles. The van der Waals surface area contributed by atoms with E-state index in [1.54, 1.807) is 0 Å². The average Bonchev–Trinajstić information content (AvgIpc) is 2.28. The summed E-state index contributed by atoms with van der Waals surface area (Å²) in [6, 6.07) is 8.36. The summed E-state index contributed by atoms with van der Waals surface area (Å²) in [7, 11) is 0. The first-order chi connectivity index (χ1) is 8.10. The van der Waals surface area contributed by atoms with Crippen LogP contribution >= 0.6 is 15.9 Å². The maximum Gasteiger partial charge on any atom is 0.0558 e. The van der Waals surface area contributed by atoms with Gasteiger partial charge in [0.05, 0.1) is 6.61 Å². The highest BCUT2D eigenvalue weighted by Crippen LogP contribution is 2.25. The van der Waals surface area contributed by atoms with Gasteiger partial charge >= 0.3 is 0 Å². The molecule has 1 aromatic carbocycles. The summed E-state index contributed by atoms with van der Waals surface area (Å²) in [5.41, 5.74) is 7.27. The van der Waals surface area contributed by atoms with E-state index in [-0.39, 0.29) is 18.7 Å². The molecule has 0 bridgehead atoms. The number of aliphatic hydroxyl groups is 1. The standard InChI is InChI=1S/C13H21BrN2O/c1-3-16(7-8-17)13(10(2)15)11-5-4-6-12(14)9-11/h4-6,9-10,13,17H,3,7-8,15H2,1-2H3. The van der Waals surface area contributed by atoms with Gasteiger partial charge in [-0.25, -0.2) is 0 Å². The van der Waals surface area contributed by atoms with Gasteiger partial charge in [0.2, 0.25) is 0 Å². The molecule has 0 fully saturated rings. The van der Waals surface area contributed by atoms with E-state index in [1.165, 1.54) is 5.56 Å². The van der Waals surface area contributed by atoms with Crippen LogP contribution in [-0.2, 0) is 0 Å². The van der Waals surface area contributed by atoms with Crippen LogP contribution < -0.4 is 5.73 Å². The monoisotopic (exact) mass is 300 g/mol. The molecule has 1 aromatic rings. The minimum atomic E-state index is 0.0239. The molecule has 0 heterocycles. The van der Waals surface area contributed by atoms with Crippen molar-refractivity contribution in [2.75, 3.05) is 19.7 Å². The number of aliphatic hydroxyl groups excluding tert-OH is 1. The minimum Gasteiger partial charge on any atom is -0.395 e. The SMILES string of the molecule is CCN(CCO)C(c1cccc(Br)c1)C(C)N. The second-order valence-electron chi connectivity index (χ2n) is 4.21. The number of nitrogens with two attached hydrogens (primary N) is 1. The molecular formula is C13H21BrN2O. The number of halogens is 1. The lowest BCUT2D eigenvalue weighted by molar-refractivity contribution is 0.143. The van der Waals surface area contributed by atoms with Crippen molar-refractivity contribution in [2.24, 2.45) is 5.73 Å². The van der Waals surface area contributed by atoms with Gasteiger partial charge < -0.3 is 10.8 Å². The zero-order valence-electron chi connectivity index (χ0n) is 10.4. The minimum absolute atomic E-state index is 0.0239. The smallest absolute Gasteiger partial charge is 0.0558 e. The Morgan fingerprint density at radius 2 is 2.18 bits per heavy atom. The van der Waals surface area contributed by atoms with Gasteiger partial charge in [0.15, 0.2) is 0 Å².